The molecule has 21 heavy (non-hydrogen) atoms. The first-order valence-corrected chi connectivity index (χ1v) is 7.81. The van der Waals surface area contributed by atoms with E-state index in [1.54, 1.807) is 24.3 Å². The zero-order valence-corrected chi connectivity index (χ0v) is 12.7. The topological polar surface area (TPSA) is 63.4 Å². The molecule has 0 saturated heterocycles. The first-order valence-electron chi connectivity index (χ1n) is 6.37. The summed E-state index contributed by atoms with van der Waals surface area (Å²) in [5.41, 5.74) is 7.47. The molecule has 0 aliphatic carbocycles. The Hall–Kier alpha value is -1.92. The molecule has 112 valence electrons. The maximum absolute atomic E-state index is 13.2. The van der Waals surface area contributed by atoms with E-state index in [1.165, 1.54) is 25.2 Å². The molecular formula is C15H17FN2O2S. The van der Waals surface area contributed by atoms with Crippen LogP contribution in [0.2, 0.25) is 0 Å². The minimum atomic E-state index is -3.71. The van der Waals surface area contributed by atoms with Crippen molar-refractivity contribution < 1.29 is 12.8 Å². The van der Waals surface area contributed by atoms with Crippen LogP contribution in [0.3, 0.4) is 0 Å². The molecule has 0 amide bonds. The number of benzene rings is 2. The van der Waals surface area contributed by atoms with Crippen molar-refractivity contribution in [3.63, 3.8) is 0 Å². The van der Waals surface area contributed by atoms with E-state index in [0.29, 0.717) is 5.56 Å². The summed E-state index contributed by atoms with van der Waals surface area (Å²) in [4.78, 5) is 0.0620. The lowest BCUT2D eigenvalue weighted by atomic mass is 10.2. The molecule has 2 rings (SSSR count). The molecule has 0 aliphatic heterocycles. The van der Waals surface area contributed by atoms with Gasteiger partial charge in [-0.25, -0.2) is 12.8 Å². The number of nitrogens with zero attached hydrogens (tertiary/aromatic N) is 1. The van der Waals surface area contributed by atoms with Gasteiger partial charge in [0.1, 0.15) is 10.7 Å². The predicted molar refractivity (Wildman–Crippen MR) is 80.6 cm³/mol. The Labute approximate surface area is 124 Å². The smallest absolute Gasteiger partial charge is 0.245 e. The molecule has 0 aromatic heterocycles. The van der Waals surface area contributed by atoms with E-state index in [9.17, 15) is 12.8 Å². The van der Waals surface area contributed by atoms with Gasteiger partial charge >= 0.3 is 0 Å². The summed E-state index contributed by atoms with van der Waals surface area (Å²) in [6, 6.07) is 10.6. The Balaban J connectivity index is 2.30. The van der Waals surface area contributed by atoms with Gasteiger partial charge < -0.3 is 5.73 Å². The SMILES string of the molecule is Cc1ccc(S(=O)(=O)N(C)Cc2cccc(F)c2)c(N)c1. The summed E-state index contributed by atoms with van der Waals surface area (Å²) in [6.45, 7) is 1.91. The van der Waals surface area contributed by atoms with Crippen molar-refractivity contribution >= 4 is 15.7 Å². The highest BCUT2D eigenvalue weighted by Gasteiger charge is 2.23. The summed E-state index contributed by atoms with van der Waals surface area (Å²) in [5, 5.41) is 0. The Bertz CT molecular complexity index is 760. The van der Waals surface area contributed by atoms with Crippen LogP contribution in [0.4, 0.5) is 10.1 Å². The fourth-order valence-corrected chi connectivity index (χ4v) is 3.30. The first kappa shape index (κ1) is 15.5. The zero-order chi connectivity index (χ0) is 15.6. The summed E-state index contributed by atoms with van der Waals surface area (Å²) >= 11 is 0. The summed E-state index contributed by atoms with van der Waals surface area (Å²) < 4.78 is 39.3. The quantitative estimate of drug-likeness (QED) is 0.883. The van der Waals surface area contributed by atoms with Gasteiger partial charge in [-0.1, -0.05) is 18.2 Å². The highest BCUT2D eigenvalue weighted by Crippen LogP contribution is 2.23. The number of nitrogen functional groups attached to an aromatic ring is 1. The van der Waals surface area contributed by atoms with Crippen LogP contribution in [-0.2, 0) is 16.6 Å². The van der Waals surface area contributed by atoms with Crippen LogP contribution in [0.1, 0.15) is 11.1 Å². The van der Waals surface area contributed by atoms with Crippen LogP contribution >= 0.6 is 0 Å². The number of nitrogens with two attached hydrogens (primary N) is 1. The largest absolute Gasteiger partial charge is 0.398 e. The second-order valence-electron chi connectivity index (χ2n) is 4.93. The van der Waals surface area contributed by atoms with Crippen molar-refractivity contribution in [2.75, 3.05) is 12.8 Å². The Morgan fingerprint density at radius 3 is 2.52 bits per heavy atom. The monoisotopic (exact) mass is 308 g/mol. The standard InChI is InChI=1S/C15H17FN2O2S/c1-11-6-7-15(14(17)8-11)21(19,20)18(2)10-12-4-3-5-13(16)9-12/h3-9H,10,17H2,1-2H3. The molecule has 2 aromatic carbocycles. The number of anilines is 1. The van der Waals surface area contributed by atoms with Crippen LogP contribution < -0.4 is 5.73 Å². The highest BCUT2D eigenvalue weighted by molar-refractivity contribution is 7.89. The van der Waals surface area contributed by atoms with Gasteiger partial charge in [0.25, 0.3) is 0 Å². The van der Waals surface area contributed by atoms with Gasteiger partial charge in [-0.05, 0) is 42.3 Å². The second-order valence-corrected chi connectivity index (χ2v) is 6.95. The summed E-state index contributed by atoms with van der Waals surface area (Å²) in [6.07, 6.45) is 0. The van der Waals surface area contributed by atoms with Crippen LogP contribution in [0, 0.1) is 12.7 Å². The average molecular weight is 308 g/mol. The number of sulfonamides is 1. The van der Waals surface area contributed by atoms with E-state index in [4.69, 9.17) is 5.73 Å². The van der Waals surface area contributed by atoms with Gasteiger partial charge in [0.2, 0.25) is 10.0 Å². The molecule has 0 unspecified atom stereocenters. The van der Waals surface area contributed by atoms with Crippen LogP contribution in [0.25, 0.3) is 0 Å². The van der Waals surface area contributed by atoms with Crippen molar-refractivity contribution in [1.82, 2.24) is 4.31 Å². The minimum absolute atomic E-state index is 0.0620. The molecule has 0 spiro atoms. The molecule has 2 aromatic rings. The Kier molecular flexibility index (Phi) is 4.29. The fourth-order valence-electron chi connectivity index (χ4n) is 2.05. The van der Waals surface area contributed by atoms with Crippen molar-refractivity contribution in [3.05, 3.63) is 59.4 Å². The van der Waals surface area contributed by atoms with Crippen LogP contribution in [-0.4, -0.2) is 19.8 Å². The fraction of sp³-hybridized carbons (Fsp3) is 0.200. The van der Waals surface area contributed by atoms with E-state index in [0.717, 1.165) is 9.87 Å². The van der Waals surface area contributed by atoms with Crippen molar-refractivity contribution in [2.24, 2.45) is 0 Å². The molecule has 0 heterocycles. The maximum Gasteiger partial charge on any atom is 0.245 e. The van der Waals surface area contributed by atoms with Crippen molar-refractivity contribution in [2.45, 2.75) is 18.4 Å². The lowest BCUT2D eigenvalue weighted by Gasteiger charge is -2.18. The zero-order valence-electron chi connectivity index (χ0n) is 11.9. The lowest BCUT2D eigenvalue weighted by Crippen LogP contribution is -2.27. The molecular weight excluding hydrogens is 291 g/mol. The molecule has 0 radical (unpaired) electrons. The molecule has 2 N–H and O–H groups in total. The normalized spacial score (nSPS) is 11.8. The maximum atomic E-state index is 13.2. The molecule has 0 saturated carbocycles. The molecule has 6 heteroatoms. The number of hydrogen-bond acceptors (Lipinski definition) is 3. The van der Waals surface area contributed by atoms with E-state index < -0.39 is 15.8 Å². The predicted octanol–water partition coefficient (Wildman–Crippen LogP) is 2.54. The van der Waals surface area contributed by atoms with E-state index >= 15 is 0 Å². The van der Waals surface area contributed by atoms with Crippen LogP contribution in [0.5, 0.6) is 0 Å². The second kappa shape index (κ2) is 5.83. The van der Waals surface area contributed by atoms with Gasteiger partial charge in [-0.2, -0.15) is 4.31 Å². The van der Waals surface area contributed by atoms with E-state index in [-0.39, 0.29) is 17.1 Å². The number of aryl methyl sites for hydroxylation is 1. The highest BCUT2D eigenvalue weighted by atomic mass is 32.2. The number of rotatable bonds is 4. The molecule has 0 aliphatic rings. The third-order valence-electron chi connectivity index (χ3n) is 3.15. The molecule has 0 atom stereocenters. The van der Waals surface area contributed by atoms with Gasteiger partial charge in [-0.3, -0.25) is 0 Å². The Morgan fingerprint density at radius 2 is 1.90 bits per heavy atom. The van der Waals surface area contributed by atoms with Crippen LogP contribution in [0.15, 0.2) is 47.4 Å². The molecule has 0 fully saturated rings. The minimum Gasteiger partial charge on any atom is -0.398 e. The third-order valence-corrected chi connectivity index (χ3v) is 5.03. The first-order chi connectivity index (χ1) is 9.80. The average Bonchev–Trinajstić information content (AvgIpc) is 2.38. The van der Waals surface area contributed by atoms with E-state index in [1.807, 2.05) is 6.92 Å². The summed E-state index contributed by atoms with van der Waals surface area (Å²) in [5.74, 6) is -0.395. The van der Waals surface area contributed by atoms with Gasteiger partial charge in [0, 0.05) is 13.6 Å². The van der Waals surface area contributed by atoms with Gasteiger partial charge in [-0.15, -0.1) is 0 Å². The van der Waals surface area contributed by atoms with Crippen molar-refractivity contribution in [1.29, 1.82) is 0 Å². The van der Waals surface area contributed by atoms with Gasteiger partial charge in [0.05, 0.1) is 5.69 Å². The number of hydrogen-bond donors (Lipinski definition) is 1. The van der Waals surface area contributed by atoms with Gasteiger partial charge in [0.15, 0.2) is 0 Å². The third kappa shape index (κ3) is 3.40. The Morgan fingerprint density at radius 1 is 1.19 bits per heavy atom. The summed E-state index contributed by atoms with van der Waals surface area (Å²) in [7, 11) is -2.27. The number of halogens is 1. The lowest BCUT2D eigenvalue weighted by molar-refractivity contribution is 0.466. The van der Waals surface area contributed by atoms with Crippen molar-refractivity contribution in [3.8, 4) is 0 Å². The molecule has 0 bridgehead atoms. The molecule has 4 nitrogen and oxygen atoms in total. The van der Waals surface area contributed by atoms with E-state index in [2.05, 4.69) is 0 Å².